The number of amides is 1. The van der Waals surface area contributed by atoms with E-state index in [9.17, 15) is 4.79 Å². The molecule has 0 saturated carbocycles. The van der Waals surface area contributed by atoms with Gasteiger partial charge in [0.05, 0.1) is 18.6 Å². The Labute approximate surface area is 132 Å². The van der Waals surface area contributed by atoms with Crippen molar-refractivity contribution in [2.45, 2.75) is 26.0 Å². The molecule has 2 aliphatic rings. The van der Waals surface area contributed by atoms with Crippen molar-refractivity contribution in [2.24, 2.45) is 11.7 Å². The molecule has 2 aliphatic heterocycles. The Morgan fingerprint density at radius 3 is 2.86 bits per heavy atom. The average molecular weight is 303 g/mol. The van der Waals surface area contributed by atoms with Gasteiger partial charge in [0.1, 0.15) is 0 Å². The topological polar surface area (TPSA) is 58.8 Å². The molecule has 3 rings (SSSR count). The van der Waals surface area contributed by atoms with E-state index in [2.05, 4.69) is 41.0 Å². The van der Waals surface area contributed by atoms with Crippen LogP contribution >= 0.6 is 0 Å². The Morgan fingerprint density at radius 1 is 1.32 bits per heavy atom. The van der Waals surface area contributed by atoms with Gasteiger partial charge in [0.25, 0.3) is 0 Å². The fourth-order valence-electron chi connectivity index (χ4n) is 3.44. The molecule has 0 radical (unpaired) electrons. The van der Waals surface area contributed by atoms with Crippen molar-refractivity contribution in [1.29, 1.82) is 0 Å². The van der Waals surface area contributed by atoms with Gasteiger partial charge in [0, 0.05) is 31.9 Å². The van der Waals surface area contributed by atoms with Gasteiger partial charge in [0.2, 0.25) is 5.91 Å². The maximum absolute atomic E-state index is 11.3. The Balaban J connectivity index is 1.70. The lowest BCUT2D eigenvalue weighted by Gasteiger charge is -2.34. The van der Waals surface area contributed by atoms with Crippen LogP contribution in [0.1, 0.15) is 18.9 Å². The van der Waals surface area contributed by atoms with Crippen molar-refractivity contribution in [3.05, 3.63) is 29.8 Å². The largest absolute Gasteiger partial charge is 0.375 e. The van der Waals surface area contributed by atoms with Gasteiger partial charge in [-0.2, -0.15) is 0 Å². The predicted molar refractivity (Wildman–Crippen MR) is 86.6 cm³/mol. The van der Waals surface area contributed by atoms with Crippen LogP contribution in [0.2, 0.25) is 0 Å². The van der Waals surface area contributed by atoms with E-state index in [0.29, 0.717) is 0 Å². The summed E-state index contributed by atoms with van der Waals surface area (Å²) in [6.45, 7) is 7.37. The van der Waals surface area contributed by atoms with Gasteiger partial charge < -0.3 is 15.4 Å². The number of ether oxygens (including phenoxy) is 1. The van der Waals surface area contributed by atoms with Crippen LogP contribution in [0.15, 0.2) is 24.3 Å². The summed E-state index contributed by atoms with van der Waals surface area (Å²) in [6.07, 6.45) is 1.15. The van der Waals surface area contributed by atoms with Crippen LogP contribution in [0.25, 0.3) is 0 Å². The zero-order valence-electron chi connectivity index (χ0n) is 13.2. The van der Waals surface area contributed by atoms with Crippen LogP contribution in [0.5, 0.6) is 0 Å². The van der Waals surface area contributed by atoms with Crippen LogP contribution < -0.4 is 10.6 Å². The molecule has 5 heteroatoms. The van der Waals surface area contributed by atoms with Crippen LogP contribution in [-0.2, 0) is 16.1 Å². The fourth-order valence-corrected chi connectivity index (χ4v) is 3.44. The van der Waals surface area contributed by atoms with Crippen molar-refractivity contribution in [3.63, 3.8) is 0 Å². The summed E-state index contributed by atoms with van der Waals surface area (Å²) in [5, 5.41) is 0. The third-order valence-corrected chi connectivity index (χ3v) is 4.64. The van der Waals surface area contributed by atoms with Crippen molar-refractivity contribution in [2.75, 3.05) is 37.7 Å². The molecular weight excluding hydrogens is 278 g/mol. The number of nitrogens with zero attached hydrogens (tertiary/aromatic N) is 2. The first kappa shape index (κ1) is 15.3. The molecule has 0 unspecified atom stereocenters. The second kappa shape index (κ2) is 6.67. The van der Waals surface area contributed by atoms with Crippen LogP contribution in [-0.4, -0.2) is 49.7 Å². The molecule has 2 atom stereocenters. The number of carbonyl (C=O) groups is 1. The monoisotopic (exact) mass is 303 g/mol. The van der Waals surface area contributed by atoms with Gasteiger partial charge in [-0.3, -0.25) is 9.69 Å². The molecule has 2 fully saturated rings. The number of hydrogen-bond acceptors (Lipinski definition) is 4. The fraction of sp³-hybridized carbons (Fsp3) is 0.588. The number of rotatable bonds is 4. The van der Waals surface area contributed by atoms with Gasteiger partial charge in [-0.1, -0.05) is 18.2 Å². The van der Waals surface area contributed by atoms with Crippen LogP contribution in [0.3, 0.4) is 0 Å². The van der Waals surface area contributed by atoms with Gasteiger partial charge in [-0.15, -0.1) is 0 Å². The maximum atomic E-state index is 11.3. The van der Waals surface area contributed by atoms with Crippen LogP contribution in [0, 0.1) is 5.92 Å². The van der Waals surface area contributed by atoms with Gasteiger partial charge in [-0.05, 0) is 31.5 Å². The lowest BCUT2D eigenvalue weighted by molar-refractivity contribution is -0.121. The van der Waals surface area contributed by atoms with E-state index in [0.717, 1.165) is 45.8 Å². The van der Waals surface area contributed by atoms with Gasteiger partial charge in [-0.25, -0.2) is 0 Å². The minimum absolute atomic E-state index is 0.00979. The number of benzene rings is 1. The van der Waals surface area contributed by atoms with E-state index in [1.165, 1.54) is 11.3 Å². The zero-order chi connectivity index (χ0) is 15.5. The minimum atomic E-state index is -0.169. The van der Waals surface area contributed by atoms with E-state index in [1.807, 2.05) is 0 Å². The number of anilines is 1. The maximum Gasteiger partial charge on any atom is 0.221 e. The standard InChI is InChI=1S/C17H25N3O2/c1-13-10-20(8-9-22-13)16-5-3-2-4-14(16)11-19-7-6-15(12-19)17(18)21/h2-5,13,15H,6-12H2,1H3,(H2,18,21)/t13-,15-/m1/s1. The van der Waals surface area contributed by atoms with Gasteiger partial charge in [0.15, 0.2) is 0 Å². The van der Waals surface area contributed by atoms with Crippen molar-refractivity contribution in [1.82, 2.24) is 4.90 Å². The quantitative estimate of drug-likeness (QED) is 0.908. The summed E-state index contributed by atoms with van der Waals surface area (Å²) in [5.74, 6) is -0.159. The molecule has 1 aromatic carbocycles. The molecule has 1 amide bonds. The van der Waals surface area contributed by atoms with E-state index < -0.39 is 0 Å². The number of carbonyl (C=O) groups excluding carboxylic acids is 1. The predicted octanol–water partition coefficient (Wildman–Crippen LogP) is 1.22. The number of morpholine rings is 1. The SMILES string of the molecule is C[C@@H]1CN(c2ccccc2CN2CC[C@@H](C(N)=O)C2)CCO1. The van der Waals surface area contributed by atoms with E-state index in [4.69, 9.17) is 10.5 Å². The van der Waals surface area contributed by atoms with Crippen LogP contribution in [0.4, 0.5) is 5.69 Å². The smallest absolute Gasteiger partial charge is 0.221 e. The molecule has 0 bridgehead atoms. The summed E-state index contributed by atoms with van der Waals surface area (Å²) in [5.41, 5.74) is 8.04. The molecule has 0 aliphatic carbocycles. The highest BCUT2D eigenvalue weighted by molar-refractivity contribution is 5.77. The summed E-state index contributed by atoms with van der Waals surface area (Å²) >= 11 is 0. The highest BCUT2D eigenvalue weighted by Crippen LogP contribution is 2.26. The number of para-hydroxylation sites is 1. The normalized spacial score (nSPS) is 26.3. The third-order valence-electron chi connectivity index (χ3n) is 4.64. The van der Waals surface area contributed by atoms with Crippen molar-refractivity contribution >= 4 is 11.6 Å². The molecular formula is C17H25N3O2. The second-order valence-electron chi connectivity index (χ2n) is 6.38. The molecule has 22 heavy (non-hydrogen) atoms. The molecule has 0 spiro atoms. The Hall–Kier alpha value is -1.59. The van der Waals surface area contributed by atoms with Crippen molar-refractivity contribution in [3.8, 4) is 0 Å². The Bertz CT molecular complexity index is 534. The second-order valence-corrected chi connectivity index (χ2v) is 6.38. The summed E-state index contributed by atoms with van der Waals surface area (Å²) < 4.78 is 5.64. The first-order chi connectivity index (χ1) is 10.6. The molecule has 2 heterocycles. The minimum Gasteiger partial charge on any atom is -0.375 e. The van der Waals surface area contributed by atoms with E-state index in [-0.39, 0.29) is 17.9 Å². The van der Waals surface area contributed by atoms with Gasteiger partial charge >= 0.3 is 0 Å². The molecule has 5 nitrogen and oxygen atoms in total. The number of likely N-dealkylation sites (tertiary alicyclic amines) is 1. The number of primary amides is 1. The highest BCUT2D eigenvalue weighted by atomic mass is 16.5. The first-order valence-corrected chi connectivity index (χ1v) is 8.09. The Morgan fingerprint density at radius 2 is 2.14 bits per heavy atom. The Kier molecular flexibility index (Phi) is 4.64. The molecule has 1 aromatic rings. The molecule has 120 valence electrons. The third kappa shape index (κ3) is 3.42. The highest BCUT2D eigenvalue weighted by Gasteiger charge is 2.27. The molecule has 2 saturated heterocycles. The first-order valence-electron chi connectivity index (χ1n) is 8.09. The number of hydrogen-bond donors (Lipinski definition) is 1. The van der Waals surface area contributed by atoms with Crippen molar-refractivity contribution < 1.29 is 9.53 Å². The average Bonchev–Trinajstić information content (AvgIpc) is 2.97. The molecule has 2 N–H and O–H groups in total. The van der Waals surface area contributed by atoms with E-state index >= 15 is 0 Å². The zero-order valence-corrected chi connectivity index (χ0v) is 13.2. The summed E-state index contributed by atoms with van der Waals surface area (Å²) in [6, 6.07) is 8.56. The van der Waals surface area contributed by atoms with E-state index in [1.54, 1.807) is 0 Å². The lowest BCUT2D eigenvalue weighted by atomic mass is 10.1. The summed E-state index contributed by atoms with van der Waals surface area (Å²) in [4.78, 5) is 16.1. The lowest BCUT2D eigenvalue weighted by Crippen LogP contribution is -2.41. The summed E-state index contributed by atoms with van der Waals surface area (Å²) in [7, 11) is 0. The number of nitrogens with two attached hydrogens (primary N) is 1. The molecule has 0 aromatic heterocycles.